The maximum atomic E-state index is 12.1. The van der Waals surface area contributed by atoms with Gasteiger partial charge in [-0.3, -0.25) is 4.79 Å². The summed E-state index contributed by atoms with van der Waals surface area (Å²) in [4.78, 5) is 31.7. The summed E-state index contributed by atoms with van der Waals surface area (Å²) in [7, 11) is 2.97. The molecule has 20 heavy (non-hydrogen) atoms. The average Bonchev–Trinajstić information content (AvgIpc) is 2.43. The van der Waals surface area contributed by atoms with E-state index in [1.54, 1.807) is 0 Å². The SMILES string of the molecule is COC1=N[C@@](CCC=O)(C(C)=O)C(OC)=N[C@@H]1C(C)C. The number of ketones is 1. The predicted molar refractivity (Wildman–Crippen MR) is 76.2 cm³/mol. The summed E-state index contributed by atoms with van der Waals surface area (Å²) in [6.07, 6.45) is 1.19. The van der Waals surface area contributed by atoms with Crippen molar-refractivity contribution in [3.05, 3.63) is 0 Å². The lowest BCUT2D eigenvalue weighted by molar-refractivity contribution is -0.120. The quantitative estimate of drug-likeness (QED) is 0.714. The Morgan fingerprint density at radius 2 is 2.05 bits per heavy atom. The fraction of sp³-hybridized carbons (Fsp3) is 0.714. The van der Waals surface area contributed by atoms with E-state index in [4.69, 9.17) is 9.47 Å². The number of ether oxygens (including phenoxy) is 2. The van der Waals surface area contributed by atoms with Crippen LogP contribution in [-0.2, 0) is 19.1 Å². The van der Waals surface area contributed by atoms with Gasteiger partial charge in [0.1, 0.15) is 12.3 Å². The van der Waals surface area contributed by atoms with E-state index in [1.165, 1.54) is 21.1 Å². The van der Waals surface area contributed by atoms with E-state index in [1.807, 2.05) is 13.8 Å². The van der Waals surface area contributed by atoms with Crippen LogP contribution in [0.5, 0.6) is 0 Å². The van der Waals surface area contributed by atoms with E-state index in [-0.39, 0.29) is 36.5 Å². The summed E-state index contributed by atoms with van der Waals surface area (Å²) in [5, 5.41) is 0. The molecule has 1 aliphatic heterocycles. The minimum atomic E-state index is -1.24. The normalized spacial score (nSPS) is 25.8. The molecule has 0 amide bonds. The van der Waals surface area contributed by atoms with Gasteiger partial charge in [-0.25, -0.2) is 9.98 Å². The van der Waals surface area contributed by atoms with Crippen LogP contribution in [0.15, 0.2) is 9.98 Å². The molecule has 0 fully saturated rings. The van der Waals surface area contributed by atoms with Crippen molar-refractivity contribution in [1.82, 2.24) is 0 Å². The van der Waals surface area contributed by atoms with E-state index >= 15 is 0 Å². The Kier molecular flexibility index (Phi) is 5.42. The number of nitrogens with zero attached hydrogens (tertiary/aromatic N) is 2. The maximum absolute atomic E-state index is 12.1. The van der Waals surface area contributed by atoms with Crippen LogP contribution in [0.25, 0.3) is 0 Å². The monoisotopic (exact) mass is 282 g/mol. The van der Waals surface area contributed by atoms with Crippen molar-refractivity contribution in [3.63, 3.8) is 0 Å². The summed E-state index contributed by atoms with van der Waals surface area (Å²) in [6.45, 7) is 5.40. The van der Waals surface area contributed by atoms with Crippen molar-refractivity contribution in [2.24, 2.45) is 15.9 Å². The summed E-state index contributed by atoms with van der Waals surface area (Å²) >= 11 is 0. The van der Waals surface area contributed by atoms with Crippen LogP contribution < -0.4 is 0 Å². The van der Waals surface area contributed by atoms with Crippen LogP contribution in [-0.4, -0.2) is 49.7 Å². The second-order valence-corrected chi connectivity index (χ2v) is 5.10. The molecule has 0 spiro atoms. The molecule has 0 saturated carbocycles. The van der Waals surface area contributed by atoms with Gasteiger partial charge < -0.3 is 14.3 Å². The van der Waals surface area contributed by atoms with Crippen LogP contribution in [0.1, 0.15) is 33.6 Å². The molecule has 0 aliphatic carbocycles. The van der Waals surface area contributed by atoms with Gasteiger partial charge in [0.05, 0.1) is 14.2 Å². The highest BCUT2D eigenvalue weighted by atomic mass is 16.5. The number of aliphatic imine (C=N–C) groups is 2. The standard InChI is InChI=1S/C14H22N2O4/c1-9(2)11-12(19-4)16-14(10(3)18,7-6-8-17)13(15-11)20-5/h8-9,11H,6-7H2,1-5H3/t11-,14+/m1/s1. The number of Topliss-reactive ketones (excluding diaryl/α,β-unsaturated/α-hetero) is 1. The number of carbonyl (C=O) groups excluding carboxylic acids is 2. The second-order valence-electron chi connectivity index (χ2n) is 5.10. The topological polar surface area (TPSA) is 77.3 Å². The third kappa shape index (κ3) is 2.89. The smallest absolute Gasteiger partial charge is 0.220 e. The highest BCUT2D eigenvalue weighted by molar-refractivity contribution is 6.13. The molecule has 0 radical (unpaired) electrons. The number of methoxy groups -OCH3 is 2. The predicted octanol–water partition coefficient (Wildman–Crippen LogP) is 1.42. The molecule has 1 aliphatic rings. The molecule has 6 nitrogen and oxygen atoms in total. The fourth-order valence-corrected chi connectivity index (χ4v) is 2.25. The Bertz CT molecular complexity index is 442. The van der Waals surface area contributed by atoms with Crippen molar-refractivity contribution in [2.75, 3.05) is 14.2 Å². The van der Waals surface area contributed by atoms with Gasteiger partial charge in [0.2, 0.25) is 11.8 Å². The van der Waals surface area contributed by atoms with Crippen molar-refractivity contribution < 1.29 is 19.1 Å². The molecular formula is C14H22N2O4. The summed E-state index contributed by atoms with van der Waals surface area (Å²) < 4.78 is 10.6. The van der Waals surface area contributed by atoms with Gasteiger partial charge >= 0.3 is 0 Å². The molecule has 0 aromatic heterocycles. The fourth-order valence-electron chi connectivity index (χ4n) is 2.25. The van der Waals surface area contributed by atoms with E-state index in [0.717, 1.165) is 6.29 Å². The van der Waals surface area contributed by atoms with Crippen molar-refractivity contribution in [3.8, 4) is 0 Å². The summed E-state index contributed by atoms with van der Waals surface area (Å²) in [5.74, 6) is 0.611. The summed E-state index contributed by atoms with van der Waals surface area (Å²) in [6, 6.07) is -0.279. The van der Waals surface area contributed by atoms with Crippen molar-refractivity contribution >= 4 is 23.9 Å². The van der Waals surface area contributed by atoms with Crippen LogP contribution in [0.4, 0.5) is 0 Å². The van der Waals surface area contributed by atoms with Gasteiger partial charge in [-0.15, -0.1) is 0 Å². The first-order chi connectivity index (χ1) is 9.42. The van der Waals surface area contributed by atoms with Crippen LogP contribution in [0.2, 0.25) is 0 Å². The highest BCUT2D eigenvalue weighted by Gasteiger charge is 2.47. The van der Waals surface area contributed by atoms with Gasteiger partial charge in [0.25, 0.3) is 0 Å². The zero-order valence-electron chi connectivity index (χ0n) is 12.7. The molecule has 2 atom stereocenters. The lowest BCUT2D eigenvalue weighted by atomic mass is 9.87. The van der Waals surface area contributed by atoms with E-state index in [9.17, 15) is 9.59 Å². The molecule has 6 heteroatoms. The van der Waals surface area contributed by atoms with Gasteiger partial charge in [-0.05, 0) is 19.3 Å². The van der Waals surface area contributed by atoms with Crippen LogP contribution >= 0.6 is 0 Å². The Hall–Kier alpha value is -1.72. The zero-order valence-corrected chi connectivity index (χ0v) is 12.7. The van der Waals surface area contributed by atoms with E-state index in [2.05, 4.69) is 9.98 Å². The number of hydrogen-bond acceptors (Lipinski definition) is 6. The Morgan fingerprint density at radius 1 is 1.40 bits per heavy atom. The molecular weight excluding hydrogens is 260 g/mol. The zero-order chi connectivity index (χ0) is 15.3. The first-order valence-corrected chi connectivity index (χ1v) is 6.63. The minimum Gasteiger partial charge on any atom is -0.483 e. The Morgan fingerprint density at radius 3 is 2.45 bits per heavy atom. The average molecular weight is 282 g/mol. The lowest BCUT2D eigenvalue weighted by Gasteiger charge is -2.34. The molecule has 1 heterocycles. The molecule has 0 unspecified atom stereocenters. The second kappa shape index (κ2) is 6.63. The van der Waals surface area contributed by atoms with Crippen molar-refractivity contribution in [1.29, 1.82) is 0 Å². The van der Waals surface area contributed by atoms with Crippen LogP contribution in [0.3, 0.4) is 0 Å². The summed E-state index contributed by atoms with van der Waals surface area (Å²) in [5.41, 5.74) is -1.24. The number of rotatable bonds is 5. The number of hydrogen-bond donors (Lipinski definition) is 0. The molecule has 0 saturated heterocycles. The molecule has 0 aromatic carbocycles. The minimum absolute atomic E-state index is 0.162. The van der Waals surface area contributed by atoms with E-state index < -0.39 is 5.54 Å². The van der Waals surface area contributed by atoms with Crippen molar-refractivity contribution in [2.45, 2.75) is 45.2 Å². The Balaban J connectivity index is 3.33. The third-order valence-electron chi connectivity index (χ3n) is 3.40. The van der Waals surface area contributed by atoms with Gasteiger partial charge in [-0.1, -0.05) is 13.8 Å². The molecule has 1 rings (SSSR count). The molecule has 112 valence electrons. The molecule has 0 aromatic rings. The number of carbonyl (C=O) groups is 2. The lowest BCUT2D eigenvalue weighted by Crippen LogP contribution is -2.51. The van der Waals surface area contributed by atoms with Gasteiger partial charge in [-0.2, -0.15) is 0 Å². The highest BCUT2D eigenvalue weighted by Crippen LogP contribution is 2.29. The third-order valence-corrected chi connectivity index (χ3v) is 3.40. The maximum Gasteiger partial charge on any atom is 0.220 e. The van der Waals surface area contributed by atoms with Gasteiger partial charge in [0.15, 0.2) is 11.3 Å². The van der Waals surface area contributed by atoms with E-state index in [0.29, 0.717) is 5.90 Å². The largest absolute Gasteiger partial charge is 0.483 e. The first kappa shape index (κ1) is 16.3. The number of aldehydes is 1. The van der Waals surface area contributed by atoms with Crippen LogP contribution in [0, 0.1) is 5.92 Å². The van der Waals surface area contributed by atoms with Gasteiger partial charge in [0, 0.05) is 6.42 Å². The molecule has 0 bridgehead atoms. The Labute approximate surface area is 119 Å². The molecule has 0 N–H and O–H groups in total. The first-order valence-electron chi connectivity index (χ1n) is 6.63.